The van der Waals surface area contributed by atoms with E-state index in [4.69, 9.17) is 9.84 Å². The number of nitrogens with one attached hydrogen (secondary N) is 2. The average Bonchev–Trinajstić information content (AvgIpc) is 2.48. The summed E-state index contributed by atoms with van der Waals surface area (Å²) < 4.78 is 5.11. The fraction of sp³-hybridized carbons (Fsp3) is 0.0714. The van der Waals surface area contributed by atoms with Crippen molar-refractivity contribution >= 4 is 23.4 Å². The van der Waals surface area contributed by atoms with Crippen LogP contribution >= 0.6 is 0 Å². The average molecular weight is 287 g/mol. The molecule has 0 aliphatic heterocycles. The van der Waals surface area contributed by atoms with Gasteiger partial charge < -0.3 is 20.5 Å². The van der Waals surface area contributed by atoms with Gasteiger partial charge in [0, 0.05) is 6.20 Å². The lowest BCUT2D eigenvalue weighted by molar-refractivity contribution is 0.0698. The second kappa shape index (κ2) is 6.38. The normalized spacial score (nSPS) is 9.76. The first-order valence-electron chi connectivity index (χ1n) is 6.00. The van der Waals surface area contributed by atoms with Crippen molar-refractivity contribution in [2.75, 3.05) is 17.7 Å². The van der Waals surface area contributed by atoms with E-state index in [1.165, 1.54) is 25.6 Å². The van der Waals surface area contributed by atoms with E-state index in [1.54, 1.807) is 24.3 Å². The van der Waals surface area contributed by atoms with Crippen LogP contribution in [-0.4, -0.2) is 29.2 Å². The molecule has 0 fully saturated rings. The minimum absolute atomic E-state index is 0.0415. The maximum absolute atomic E-state index is 11.9. The minimum Gasteiger partial charge on any atom is -0.495 e. The zero-order valence-electron chi connectivity index (χ0n) is 11.2. The number of aromatic carboxylic acids is 1. The van der Waals surface area contributed by atoms with Crippen molar-refractivity contribution in [3.05, 3.63) is 48.3 Å². The third-order valence-corrected chi connectivity index (χ3v) is 2.65. The van der Waals surface area contributed by atoms with Crippen molar-refractivity contribution in [3.8, 4) is 5.75 Å². The Morgan fingerprint density at radius 1 is 1.14 bits per heavy atom. The van der Waals surface area contributed by atoms with E-state index >= 15 is 0 Å². The smallest absolute Gasteiger partial charge is 0.337 e. The predicted molar refractivity (Wildman–Crippen MR) is 76.8 cm³/mol. The molecule has 2 rings (SSSR count). The zero-order valence-corrected chi connectivity index (χ0v) is 11.2. The number of carboxylic acid groups (broad SMARTS) is 1. The molecule has 0 radical (unpaired) electrons. The molecule has 108 valence electrons. The number of nitrogens with zero attached hydrogens (tertiary/aromatic N) is 1. The number of carboxylic acids is 1. The van der Waals surface area contributed by atoms with Gasteiger partial charge in [-0.2, -0.15) is 0 Å². The van der Waals surface area contributed by atoms with Crippen LogP contribution in [0.2, 0.25) is 0 Å². The number of benzene rings is 1. The molecule has 1 aromatic heterocycles. The lowest BCUT2D eigenvalue weighted by atomic mass is 10.2. The first-order chi connectivity index (χ1) is 10.1. The molecule has 0 saturated heterocycles. The van der Waals surface area contributed by atoms with Crippen molar-refractivity contribution in [2.45, 2.75) is 0 Å². The highest BCUT2D eigenvalue weighted by Crippen LogP contribution is 2.23. The summed E-state index contributed by atoms with van der Waals surface area (Å²) in [5.74, 6) is -0.651. The van der Waals surface area contributed by atoms with Crippen LogP contribution in [0.4, 0.5) is 16.2 Å². The van der Waals surface area contributed by atoms with Crippen molar-refractivity contribution in [2.24, 2.45) is 0 Å². The molecule has 7 heteroatoms. The molecule has 0 atom stereocenters. The van der Waals surface area contributed by atoms with Gasteiger partial charge in [0.25, 0.3) is 0 Å². The van der Waals surface area contributed by atoms with Gasteiger partial charge in [0.05, 0.1) is 30.2 Å². The number of rotatable bonds is 4. The van der Waals surface area contributed by atoms with E-state index in [9.17, 15) is 9.59 Å². The van der Waals surface area contributed by atoms with Crippen LogP contribution < -0.4 is 15.4 Å². The first kappa shape index (κ1) is 14.3. The molecule has 2 aromatic rings. The summed E-state index contributed by atoms with van der Waals surface area (Å²) in [6, 6.07) is 7.59. The maximum atomic E-state index is 11.9. The number of urea groups is 1. The molecule has 0 saturated carbocycles. The number of methoxy groups -OCH3 is 1. The molecule has 7 nitrogen and oxygen atoms in total. The summed E-state index contributed by atoms with van der Waals surface area (Å²) in [6.07, 6.45) is 2.61. The molecule has 21 heavy (non-hydrogen) atoms. The van der Waals surface area contributed by atoms with Gasteiger partial charge in [0.2, 0.25) is 0 Å². The topological polar surface area (TPSA) is 101 Å². The maximum Gasteiger partial charge on any atom is 0.337 e. The summed E-state index contributed by atoms with van der Waals surface area (Å²) in [5, 5.41) is 14.1. The number of hydrogen-bond acceptors (Lipinski definition) is 4. The van der Waals surface area contributed by atoms with E-state index in [2.05, 4.69) is 15.6 Å². The minimum atomic E-state index is -1.15. The second-order valence-corrected chi connectivity index (χ2v) is 4.01. The van der Waals surface area contributed by atoms with Crippen LogP contribution in [0.1, 0.15) is 10.4 Å². The lowest BCUT2D eigenvalue weighted by Crippen LogP contribution is -2.21. The molecule has 0 spiro atoms. The number of ether oxygens (including phenoxy) is 1. The molecule has 0 bridgehead atoms. The molecule has 0 unspecified atom stereocenters. The fourth-order valence-electron chi connectivity index (χ4n) is 1.70. The predicted octanol–water partition coefficient (Wildman–Crippen LogP) is 2.43. The second-order valence-electron chi connectivity index (χ2n) is 4.01. The summed E-state index contributed by atoms with van der Waals surface area (Å²) in [6.45, 7) is 0. The Morgan fingerprint density at radius 3 is 2.57 bits per heavy atom. The summed E-state index contributed by atoms with van der Waals surface area (Å²) in [5.41, 5.74) is 0.538. The van der Waals surface area contributed by atoms with Crippen LogP contribution in [0.15, 0.2) is 42.7 Å². The summed E-state index contributed by atoms with van der Waals surface area (Å²) in [7, 11) is 1.49. The standard InChI is InChI=1S/C14H13N3O4/c1-21-12-5-3-2-4-10(12)16-14(20)17-11-8-15-7-6-9(11)13(18)19/h2-8H,1H3,(H,18,19)(H2,16,17,20). The highest BCUT2D eigenvalue weighted by atomic mass is 16.5. The third-order valence-electron chi connectivity index (χ3n) is 2.65. The van der Waals surface area contributed by atoms with Gasteiger partial charge in [-0.25, -0.2) is 9.59 Å². The Labute approximate surface area is 120 Å². The number of pyridine rings is 1. The number of para-hydroxylation sites is 2. The van der Waals surface area contributed by atoms with Crippen LogP contribution in [0.25, 0.3) is 0 Å². The van der Waals surface area contributed by atoms with Gasteiger partial charge >= 0.3 is 12.0 Å². The Kier molecular flexibility index (Phi) is 4.35. The monoisotopic (exact) mass is 287 g/mol. The number of carbonyl (C=O) groups is 2. The SMILES string of the molecule is COc1ccccc1NC(=O)Nc1cnccc1C(=O)O. The van der Waals surface area contributed by atoms with Gasteiger partial charge in [-0.15, -0.1) is 0 Å². The highest BCUT2D eigenvalue weighted by Gasteiger charge is 2.13. The number of carbonyl (C=O) groups excluding carboxylic acids is 1. The van der Waals surface area contributed by atoms with Gasteiger partial charge in [-0.1, -0.05) is 12.1 Å². The Hall–Kier alpha value is -3.09. The third kappa shape index (κ3) is 3.47. The van der Waals surface area contributed by atoms with Crippen molar-refractivity contribution in [3.63, 3.8) is 0 Å². The highest BCUT2D eigenvalue weighted by molar-refractivity contribution is 6.04. The number of amides is 2. The van der Waals surface area contributed by atoms with E-state index in [1.807, 2.05) is 0 Å². The van der Waals surface area contributed by atoms with Crippen molar-refractivity contribution in [1.82, 2.24) is 4.98 Å². The fourth-order valence-corrected chi connectivity index (χ4v) is 1.70. The Bertz CT molecular complexity index is 673. The molecular formula is C14H13N3O4. The van der Waals surface area contributed by atoms with E-state index in [-0.39, 0.29) is 11.3 Å². The van der Waals surface area contributed by atoms with Crippen LogP contribution in [0.5, 0.6) is 5.75 Å². The quantitative estimate of drug-likeness (QED) is 0.801. The number of aromatic nitrogens is 1. The summed E-state index contributed by atoms with van der Waals surface area (Å²) >= 11 is 0. The van der Waals surface area contributed by atoms with Gasteiger partial charge in [0.1, 0.15) is 5.75 Å². The van der Waals surface area contributed by atoms with Crippen LogP contribution in [0.3, 0.4) is 0 Å². The number of hydrogen-bond donors (Lipinski definition) is 3. The van der Waals surface area contributed by atoms with Crippen LogP contribution in [-0.2, 0) is 0 Å². The summed E-state index contributed by atoms with van der Waals surface area (Å²) in [4.78, 5) is 26.8. The van der Waals surface area contributed by atoms with Gasteiger partial charge in [-0.3, -0.25) is 4.98 Å². The largest absolute Gasteiger partial charge is 0.495 e. The molecule has 0 aliphatic carbocycles. The molecule has 0 aliphatic rings. The molecule has 3 N–H and O–H groups in total. The van der Waals surface area contributed by atoms with Crippen molar-refractivity contribution in [1.29, 1.82) is 0 Å². The zero-order chi connectivity index (χ0) is 15.2. The Morgan fingerprint density at radius 2 is 1.86 bits per heavy atom. The van der Waals surface area contributed by atoms with Crippen LogP contribution in [0, 0.1) is 0 Å². The van der Waals surface area contributed by atoms with Gasteiger partial charge in [0.15, 0.2) is 0 Å². The lowest BCUT2D eigenvalue weighted by Gasteiger charge is -2.11. The van der Waals surface area contributed by atoms with E-state index < -0.39 is 12.0 Å². The molecule has 1 aromatic carbocycles. The van der Waals surface area contributed by atoms with Crippen molar-refractivity contribution < 1.29 is 19.4 Å². The van der Waals surface area contributed by atoms with E-state index in [0.29, 0.717) is 11.4 Å². The Balaban J connectivity index is 2.14. The number of anilines is 2. The van der Waals surface area contributed by atoms with Gasteiger partial charge in [-0.05, 0) is 18.2 Å². The first-order valence-corrected chi connectivity index (χ1v) is 6.00. The molecular weight excluding hydrogens is 274 g/mol. The molecule has 1 heterocycles. The van der Waals surface area contributed by atoms with E-state index in [0.717, 1.165) is 0 Å². The molecule has 2 amide bonds.